The van der Waals surface area contributed by atoms with E-state index in [2.05, 4.69) is 21.2 Å². The Hall–Kier alpha value is -2.70. The molecule has 0 saturated carbocycles. The molecule has 0 bridgehead atoms. The minimum absolute atomic E-state index is 0.243. The minimum atomic E-state index is -0.954. The fraction of sp³-hybridized carbons (Fsp3) is 0.174. The van der Waals surface area contributed by atoms with Gasteiger partial charge in [0.1, 0.15) is 6.61 Å². The van der Waals surface area contributed by atoms with E-state index < -0.39 is 5.97 Å². The Morgan fingerprint density at radius 2 is 1.83 bits per heavy atom. The number of anilines is 1. The fourth-order valence-electron chi connectivity index (χ4n) is 2.89. The lowest BCUT2D eigenvalue weighted by molar-refractivity contribution is 0.0697. The summed E-state index contributed by atoms with van der Waals surface area (Å²) in [4.78, 5) is 11.2. The lowest BCUT2D eigenvalue weighted by atomic mass is 10.1. The molecule has 0 unspecified atom stereocenters. The molecule has 2 N–H and O–H groups in total. The van der Waals surface area contributed by atoms with Crippen molar-refractivity contribution < 1.29 is 19.4 Å². The summed E-state index contributed by atoms with van der Waals surface area (Å²) >= 11 is 9.49. The number of hydrogen-bond acceptors (Lipinski definition) is 4. The first-order valence-corrected chi connectivity index (χ1v) is 10.4. The van der Waals surface area contributed by atoms with Gasteiger partial charge in [-0.05, 0) is 75.9 Å². The van der Waals surface area contributed by atoms with Crippen LogP contribution < -0.4 is 14.8 Å². The highest BCUT2D eigenvalue weighted by atomic mass is 79.9. The zero-order chi connectivity index (χ0) is 21.7. The third-order valence-corrected chi connectivity index (χ3v) is 5.39. The number of benzene rings is 3. The first kappa shape index (κ1) is 22.0. The Morgan fingerprint density at radius 3 is 2.50 bits per heavy atom. The molecule has 0 spiro atoms. The van der Waals surface area contributed by atoms with Crippen molar-refractivity contribution in [3.63, 3.8) is 0 Å². The van der Waals surface area contributed by atoms with E-state index in [0.29, 0.717) is 29.7 Å². The molecule has 0 aliphatic rings. The van der Waals surface area contributed by atoms with Crippen LogP contribution in [-0.4, -0.2) is 18.2 Å². The number of hydrogen-bond donors (Lipinski definition) is 2. The summed E-state index contributed by atoms with van der Waals surface area (Å²) in [5.41, 5.74) is 3.93. The number of nitrogens with one attached hydrogen (secondary N) is 1. The number of carbonyl (C=O) groups is 1. The second-order valence-corrected chi connectivity index (χ2v) is 8.00. The molecule has 0 amide bonds. The molecule has 0 radical (unpaired) electrons. The van der Waals surface area contributed by atoms with Crippen LogP contribution in [0.5, 0.6) is 11.5 Å². The van der Waals surface area contributed by atoms with Crippen molar-refractivity contribution in [1.82, 2.24) is 0 Å². The molecule has 0 aliphatic carbocycles. The lowest BCUT2D eigenvalue weighted by Crippen LogP contribution is -2.05. The van der Waals surface area contributed by atoms with Gasteiger partial charge in [0, 0.05) is 17.3 Å². The van der Waals surface area contributed by atoms with E-state index in [4.69, 9.17) is 21.1 Å². The van der Waals surface area contributed by atoms with Gasteiger partial charge in [-0.15, -0.1) is 0 Å². The van der Waals surface area contributed by atoms with E-state index in [9.17, 15) is 9.90 Å². The van der Waals surface area contributed by atoms with Crippen molar-refractivity contribution in [2.75, 3.05) is 12.4 Å². The number of carboxylic acid groups (broad SMARTS) is 1. The van der Waals surface area contributed by atoms with Crippen molar-refractivity contribution in [3.05, 3.63) is 86.3 Å². The second kappa shape index (κ2) is 9.87. The Kier molecular flexibility index (Phi) is 7.24. The third kappa shape index (κ3) is 5.46. The molecular formula is C23H21BrClNO4. The van der Waals surface area contributed by atoms with Crippen LogP contribution >= 0.6 is 27.5 Å². The van der Waals surface area contributed by atoms with E-state index in [1.165, 1.54) is 0 Å². The van der Waals surface area contributed by atoms with Crippen LogP contribution in [0.1, 0.15) is 27.0 Å². The Bertz CT molecular complexity index is 1050. The summed E-state index contributed by atoms with van der Waals surface area (Å²) in [5, 5.41) is 13.2. The number of carboxylic acids is 1. The quantitative estimate of drug-likeness (QED) is 0.387. The predicted molar refractivity (Wildman–Crippen MR) is 122 cm³/mol. The molecule has 156 valence electrons. The maximum atomic E-state index is 11.2. The van der Waals surface area contributed by atoms with Gasteiger partial charge in [-0.1, -0.05) is 29.8 Å². The second-order valence-electron chi connectivity index (χ2n) is 6.71. The zero-order valence-electron chi connectivity index (χ0n) is 16.5. The first-order chi connectivity index (χ1) is 14.4. The normalized spacial score (nSPS) is 10.5. The monoisotopic (exact) mass is 489 g/mol. The molecule has 7 heteroatoms. The van der Waals surface area contributed by atoms with Gasteiger partial charge < -0.3 is 19.9 Å². The number of methoxy groups -OCH3 is 1. The van der Waals surface area contributed by atoms with Crippen molar-refractivity contribution in [2.45, 2.75) is 20.1 Å². The van der Waals surface area contributed by atoms with Gasteiger partial charge in [-0.2, -0.15) is 0 Å². The highest BCUT2D eigenvalue weighted by molar-refractivity contribution is 9.10. The van der Waals surface area contributed by atoms with Crippen LogP contribution in [0, 0.1) is 6.92 Å². The molecule has 30 heavy (non-hydrogen) atoms. The largest absolute Gasteiger partial charge is 0.493 e. The molecule has 0 saturated heterocycles. The summed E-state index contributed by atoms with van der Waals surface area (Å²) in [6.45, 7) is 2.80. The number of aryl methyl sites for hydroxylation is 1. The number of halogens is 2. The zero-order valence-corrected chi connectivity index (χ0v) is 18.9. The standard InChI is InChI=1S/C23H21BrClNO4/c1-14-3-6-17(23(27)28)11-20(14)26-12-16-9-19(24)22(21(10-16)29-2)30-13-15-4-7-18(25)8-5-15/h3-11,26H,12-13H2,1-2H3,(H,27,28). The number of ether oxygens (including phenoxy) is 2. The summed E-state index contributed by atoms with van der Waals surface area (Å²) in [5.74, 6) is 0.260. The van der Waals surface area contributed by atoms with Gasteiger partial charge in [0.05, 0.1) is 17.1 Å². The van der Waals surface area contributed by atoms with Gasteiger partial charge in [-0.25, -0.2) is 4.79 Å². The lowest BCUT2D eigenvalue weighted by Gasteiger charge is -2.16. The van der Waals surface area contributed by atoms with Crippen LogP contribution in [0.15, 0.2) is 59.1 Å². The van der Waals surface area contributed by atoms with E-state index in [1.807, 2.05) is 43.3 Å². The molecule has 3 rings (SSSR count). The van der Waals surface area contributed by atoms with Gasteiger partial charge >= 0.3 is 5.97 Å². The minimum Gasteiger partial charge on any atom is -0.493 e. The topological polar surface area (TPSA) is 67.8 Å². The van der Waals surface area contributed by atoms with Crippen molar-refractivity contribution in [2.24, 2.45) is 0 Å². The molecule has 0 fully saturated rings. The highest BCUT2D eigenvalue weighted by Gasteiger charge is 2.13. The van der Waals surface area contributed by atoms with Crippen molar-refractivity contribution in [1.29, 1.82) is 0 Å². The van der Waals surface area contributed by atoms with Crippen LogP contribution in [-0.2, 0) is 13.2 Å². The predicted octanol–water partition coefficient (Wildman–Crippen LogP) is 6.31. The smallest absolute Gasteiger partial charge is 0.335 e. The fourth-order valence-corrected chi connectivity index (χ4v) is 3.62. The Labute approximate surface area is 188 Å². The Balaban J connectivity index is 1.74. The average Bonchev–Trinajstić information content (AvgIpc) is 2.73. The first-order valence-electron chi connectivity index (χ1n) is 9.19. The maximum absolute atomic E-state index is 11.2. The summed E-state index contributed by atoms with van der Waals surface area (Å²) in [6.07, 6.45) is 0. The average molecular weight is 491 g/mol. The van der Waals surface area contributed by atoms with E-state index in [0.717, 1.165) is 26.9 Å². The molecule has 3 aromatic rings. The third-order valence-electron chi connectivity index (χ3n) is 4.55. The van der Waals surface area contributed by atoms with E-state index in [-0.39, 0.29) is 5.56 Å². The molecule has 5 nitrogen and oxygen atoms in total. The van der Waals surface area contributed by atoms with Crippen LogP contribution in [0.25, 0.3) is 0 Å². The van der Waals surface area contributed by atoms with Crippen LogP contribution in [0.4, 0.5) is 5.69 Å². The Morgan fingerprint density at radius 1 is 1.10 bits per heavy atom. The molecule has 0 aliphatic heterocycles. The number of rotatable bonds is 8. The van der Waals surface area contributed by atoms with Gasteiger partial charge in [0.25, 0.3) is 0 Å². The number of aromatic carboxylic acids is 1. The van der Waals surface area contributed by atoms with Crippen molar-refractivity contribution >= 4 is 39.2 Å². The van der Waals surface area contributed by atoms with Gasteiger partial charge in [0.2, 0.25) is 0 Å². The van der Waals surface area contributed by atoms with Gasteiger partial charge in [0.15, 0.2) is 11.5 Å². The highest BCUT2D eigenvalue weighted by Crippen LogP contribution is 2.37. The van der Waals surface area contributed by atoms with Crippen LogP contribution in [0.2, 0.25) is 5.02 Å². The van der Waals surface area contributed by atoms with Crippen molar-refractivity contribution in [3.8, 4) is 11.5 Å². The molecule has 0 heterocycles. The molecule has 0 atom stereocenters. The summed E-state index contributed by atoms with van der Waals surface area (Å²) in [7, 11) is 1.59. The molecule has 3 aromatic carbocycles. The maximum Gasteiger partial charge on any atom is 0.335 e. The van der Waals surface area contributed by atoms with E-state index >= 15 is 0 Å². The SMILES string of the molecule is COc1cc(CNc2cc(C(=O)O)ccc2C)cc(Br)c1OCc1ccc(Cl)cc1. The molecule has 0 aromatic heterocycles. The van der Waals surface area contributed by atoms with Crippen LogP contribution in [0.3, 0.4) is 0 Å². The molecular weight excluding hydrogens is 470 g/mol. The van der Waals surface area contributed by atoms with Gasteiger partial charge in [-0.3, -0.25) is 0 Å². The summed E-state index contributed by atoms with van der Waals surface area (Å²) in [6, 6.07) is 16.3. The van der Waals surface area contributed by atoms with E-state index in [1.54, 1.807) is 25.3 Å². The summed E-state index contributed by atoms with van der Waals surface area (Å²) < 4.78 is 12.2.